The van der Waals surface area contributed by atoms with Crippen LogP contribution >= 0.6 is 0 Å². The van der Waals surface area contributed by atoms with Crippen molar-refractivity contribution in [3.05, 3.63) is 0 Å². The summed E-state index contributed by atoms with van der Waals surface area (Å²) in [6.07, 6.45) is -12.7. The fourth-order valence-electron chi connectivity index (χ4n) is 2.63. The molecule has 2 fully saturated rings. The molecule has 2 rings (SSSR count). The van der Waals surface area contributed by atoms with Crippen LogP contribution in [-0.2, 0) is 76.6 Å². The topological polar surface area (TPSA) is 637 Å². The van der Waals surface area contributed by atoms with Gasteiger partial charge in [0.15, 0.2) is 6.29 Å². The Morgan fingerprint density at radius 2 is 0.704 bits per heavy atom. The minimum atomic E-state index is -4.67. The van der Waals surface area contributed by atoms with Crippen molar-refractivity contribution in [2.45, 2.75) is 54.8 Å². The van der Waals surface area contributed by atoms with Gasteiger partial charge in [0.25, 0.3) is 0 Å². The zero-order valence-electron chi connectivity index (χ0n) is 25.8. The van der Waals surface area contributed by atoms with Crippen molar-refractivity contribution < 1.29 is 160 Å². The Balaban J connectivity index is -0.000000152. The summed E-state index contributed by atoms with van der Waals surface area (Å²) in [5.41, 5.74) is 0. The summed E-state index contributed by atoms with van der Waals surface area (Å²) in [6, 6.07) is 0. The van der Waals surface area contributed by atoms with E-state index in [-0.39, 0.29) is 51.4 Å². The number of aliphatic hydroxyl groups excluding tert-OH is 8. The second-order valence-corrected chi connectivity index (χ2v) is 13.6. The quantitative estimate of drug-likeness (QED) is 0.0898. The van der Waals surface area contributed by atoms with E-state index >= 15 is 0 Å². The fraction of sp³-hybridized carbons (Fsp3) is 1.00. The summed E-state index contributed by atoms with van der Waals surface area (Å²) in [4.78, 5) is 0. The zero-order chi connectivity index (χ0) is 44.4. The maximum absolute atomic E-state index is 10.00. The summed E-state index contributed by atoms with van der Waals surface area (Å²) in [7, 11) is -28.0. The second-order valence-electron chi connectivity index (χ2n) is 8.25. The van der Waals surface area contributed by atoms with E-state index in [1.165, 1.54) is 0 Å². The first-order valence-corrected chi connectivity index (χ1v) is 19.6. The summed E-state index contributed by atoms with van der Waals surface area (Å²) in [5, 5.41) is 76.7. The van der Waals surface area contributed by atoms with Crippen LogP contribution in [0.4, 0.5) is 0 Å². The molecule has 0 aromatic carbocycles. The van der Waals surface area contributed by atoms with E-state index in [4.69, 9.17) is 130 Å². The van der Waals surface area contributed by atoms with Gasteiger partial charge < -0.3 is 55.1 Å². The van der Waals surface area contributed by atoms with Crippen molar-refractivity contribution in [1.82, 2.24) is 0 Å². The number of hydrogen-bond acceptors (Lipinski definition) is 23. The molecule has 2 aliphatic rings. The summed E-state index contributed by atoms with van der Waals surface area (Å²) >= 11 is 0. The third-order valence-electron chi connectivity index (χ3n) is 4.07. The Morgan fingerprint density at radius 3 is 0.907 bits per heavy atom. The van der Waals surface area contributed by atoms with Gasteiger partial charge in [-0.15, -0.1) is 0 Å². The van der Waals surface area contributed by atoms with Crippen molar-refractivity contribution >= 4 is 114 Å². The number of hydrogen-bond donors (Lipinski definition) is 20. The number of aliphatic hydroxyl groups is 8. The van der Waals surface area contributed by atoms with Gasteiger partial charge in [-0.25, -0.2) is 0 Å². The van der Waals surface area contributed by atoms with E-state index in [2.05, 4.69) is 0 Å². The Bertz CT molecular complexity index is 1390. The van der Waals surface area contributed by atoms with Crippen molar-refractivity contribution in [3.8, 4) is 0 Å². The summed E-state index contributed by atoms with van der Waals surface area (Å²) in [5.74, 6) is -2.22. The first kappa shape index (κ1) is 66.2. The normalized spacial score (nSPS) is 28.2. The Kier molecular flexibility index (Phi) is 34.3. The number of rotatable bonds is 5. The van der Waals surface area contributed by atoms with Crippen LogP contribution in [0, 0.1) is 0 Å². The average molecular weight is 970 g/mol. The van der Waals surface area contributed by atoms with Gasteiger partial charge in [-0.05, 0) is 0 Å². The SMILES string of the molecule is O=S(=O)(O)O.O=S(=O)(O)O.O=S(=O)(O)O.O=S(=O)(O)O.O=S(=O)(O)O.O=S(=O)(O)O.OC[C@H]1O[C@@](CO)(O[C@H]2O[C@H](CO)[C@@H](O)[C@H](O)[C@H]2O)[C@@H](O)[C@@H]1O.[K]. The third-order valence-corrected chi connectivity index (χ3v) is 4.07. The van der Waals surface area contributed by atoms with Crippen molar-refractivity contribution in [2.75, 3.05) is 19.8 Å². The van der Waals surface area contributed by atoms with Gasteiger partial charge >= 0.3 is 62.4 Å². The van der Waals surface area contributed by atoms with Crippen molar-refractivity contribution in [3.63, 3.8) is 0 Å². The van der Waals surface area contributed by atoms with Crippen LogP contribution in [0.1, 0.15) is 0 Å². The third kappa shape index (κ3) is 52.4. The molecule has 42 heteroatoms. The molecule has 2 saturated heterocycles. The summed E-state index contributed by atoms with van der Waals surface area (Å²) < 4.78 is 205. The molecule has 20 N–H and O–H groups in total. The molecule has 0 aromatic rings. The van der Waals surface area contributed by atoms with Gasteiger partial charge in [0.2, 0.25) is 5.79 Å². The second kappa shape index (κ2) is 28.0. The molecule has 0 unspecified atom stereocenters. The molecule has 2 aliphatic heterocycles. The van der Waals surface area contributed by atoms with Gasteiger partial charge in [0, 0.05) is 51.4 Å². The molecule has 9 atom stereocenters. The predicted molar refractivity (Wildman–Crippen MR) is 159 cm³/mol. The minimum absolute atomic E-state index is 0. The maximum Gasteiger partial charge on any atom is 0.394 e. The van der Waals surface area contributed by atoms with Crippen LogP contribution in [0.5, 0.6) is 0 Å². The predicted octanol–water partition coefficient (Wildman–Crippen LogP) is -9.69. The molecule has 1 radical (unpaired) electrons. The fourth-order valence-corrected chi connectivity index (χ4v) is 2.63. The van der Waals surface area contributed by atoms with Gasteiger partial charge in [-0.1, -0.05) is 0 Å². The minimum Gasteiger partial charge on any atom is -0.394 e. The largest absolute Gasteiger partial charge is 0.394 e. The molecular formula is C12H34KO35S6. The van der Waals surface area contributed by atoms with E-state index in [0.717, 1.165) is 0 Å². The van der Waals surface area contributed by atoms with E-state index < -0.39 is 137 Å². The van der Waals surface area contributed by atoms with Gasteiger partial charge in [-0.2, -0.15) is 50.5 Å². The van der Waals surface area contributed by atoms with Crippen LogP contribution in [0.25, 0.3) is 0 Å². The monoisotopic (exact) mass is 969 g/mol. The molecule has 0 aliphatic carbocycles. The van der Waals surface area contributed by atoms with Gasteiger partial charge in [0.1, 0.15) is 49.3 Å². The molecule has 54 heavy (non-hydrogen) atoms. The maximum atomic E-state index is 10.00. The molecule has 0 aromatic heterocycles. The zero-order valence-corrected chi connectivity index (χ0v) is 33.8. The van der Waals surface area contributed by atoms with E-state index in [1.807, 2.05) is 0 Å². The van der Waals surface area contributed by atoms with Crippen LogP contribution in [0.3, 0.4) is 0 Å². The standard InChI is InChI=1S/C12H22O11.K.6H2O4S/c13-1-4-6(16)8(18)9(19)11(21-4)23-12(3-15)10(20)7(17)5(2-14)22-12;;6*1-5(2,3)4/h4-11,13-20H,1-3H2;;6*(H2,1,2,3,4)/t4-,5-,6-,7-,8+,9-,10+,11-,12+;;;;;;;/m1......./s1. The molecule has 2 heterocycles. The molecule has 329 valence electrons. The van der Waals surface area contributed by atoms with Crippen molar-refractivity contribution in [1.29, 1.82) is 0 Å². The van der Waals surface area contributed by atoms with Crippen LogP contribution in [0.2, 0.25) is 0 Å². The average Bonchev–Trinajstić information content (AvgIpc) is 3.08. The molecule has 0 amide bonds. The first-order valence-electron chi connectivity index (χ1n) is 11.2. The van der Waals surface area contributed by atoms with Crippen LogP contribution < -0.4 is 0 Å². The summed E-state index contributed by atoms with van der Waals surface area (Å²) in [6.45, 7) is -2.32. The molecule has 35 nitrogen and oxygen atoms in total. The Labute approximate surface area is 345 Å². The molecular weight excluding hydrogens is 936 g/mol. The van der Waals surface area contributed by atoms with E-state index in [1.54, 1.807) is 0 Å². The van der Waals surface area contributed by atoms with Crippen molar-refractivity contribution in [2.24, 2.45) is 0 Å². The first-order chi connectivity index (χ1) is 22.8. The molecule has 0 saturated carbocycles. The van der Waals surface area contributed by atoms with Crippen LogP contribution in [-0.4, -0.2) is 272 Å². The van der Waals surface area contributed by atoms with Gasteiger partial charge in [-0.3, -0.25) is 54.6 Å². The van der Waals surface area contributed by atoms with Gasteiger partial charge in [0.05, 0.1) is 13.2 Å². The Hall–Kier alpha value is 0.416. The van der Waals surface area contributed by atoms with Crippen LogP contribution in [0.15, 0.2) is 0 Å². The number of ether oxygens (including phenoxy) is 3. The molecule has 0 spiro atoms. The molecule has 0 bridgehead atoms. The van der Waals surface area contributed by atoms with E-state index in [0.29, 0.717) is 0 Å². The van der Waals surface area contributed by atoms with E-state index in [9.17, 15) is 30.6 Å². The Morgan fingerprint density at radius 1 is 0.444 bits per heavy atom. The smallest absolute Gasteiger partial charge is 0.394 e.